The molecule has 1 amide bonds. The summed E-state index contributed by atoms with van der Waals surface area (Å²) < 4.78 is 2.06. The molecule has 0 bridgehead atoms. The minimum atomic E-state index is 0.213. The van der Waals surface area contributed by atoms with Crippen LogP contribution in [0.4, 0.5) is 0 Å². The molecule has 1 aromatic heterocycles. The Labute approximate surface area is 137 Å². The van der Waals surface area contributed by atoms with Gasteiger partial charge in [-0.25, -0.2) is 0 Å². The third kappa shape index (κ3) is 2.36. The van der Waals surface area contributed by atoms with Crippen LogP contribution >= 0.6 is 0 Å². The lowest BCUT2D eigenvalue weighted by Gasteiger charge is -2.33. The number of amides is 1. The first kappa shape index (κ1) is 14.8. The Morgan fingerprint density at radius 1 is 1.04 bits per heavy atom. The van der Waals surface area contributed by atoms with E-state index in [1.165, 1.54) is 12.8 Å². The first-order valence-electron chi connectivity index (χ1n) is 8.72. The Balaban J connectivity index is 1.67. The molecule has 0 unspecified atom stereocenters. The van der Waals surface area contributed by atoms with Gasteiger partial charge in [-0.1, -0.05) is 18.2 Å². The molecule has 122 valence electrons. The topological polar surface area (TPSA) is 28.5 Å². The fraction of sp³-hybridized carbons (Fsp3) is 0.526. The van der Waals surface area contributed by atoms with Gasteiger partial charge in [-0.05, 0) is 45.3 Å². The third-order valence-corrected chi connectivity index (χ3v) is 5.71. The molecule has 0 radical (unpaired) electrons. The van der Waals surface area contributed by atoms with Gasteiger partial charge in [0.1, 0.15) is 0 Å². The van der Waals surface area contributed by atoms with E-state index in [0.717, 1.165) is 42.4 Å². The first-order chi connectivity index (χ1) is 11.2. The lowest BCUT2D eigenvalue weighted by Crippen LogP contribution is -2.47. The van der Waals surface area contributed by atoms with Crippen molar-refractivity contribution in [3.63, 3.8) is 0 Å². The number of aryl methyl sites for hydroxylation is 1. The van der Waals surface area contributed by atoms with Crippen molar-refractivity contribution in [3.8, 4) is 0 Å². The van der Waals surface area contributed by atoms with Crippen LogP contribution in [0, 0.1) is 0 Å². The van der Waals surface area contributed by atoms with Crippen molar-refractivity contribution in [2.45, 2.75) is 37.8 Å². The number of hydrogen-bond donors (Lipinski definition) is 0. The quantitative estimate of drug-likeness (QED) is 0.853. The predicted octanol–water partition coefficient (Wildman–Crippen LogP) is 2.88. The van der Waals surface area contributed by atoms with Crippen molar-refractivity contribution in [2.75, 3.05) is 20.1 Å². The second-order valence-corrected chi connectivity index (χ2v) is 7.07. The van der Waals surface area contributed by atoms with Gasteiger partial charge in [-0.15, -0.1) is 0 Å². The van der Waals surface area contributed by atoms with Gasteiger partial charge in [0.2, 0.25) is 0 Å². The number of carbonyl (C=O) groups is 1. The van der Waals surface area contributed by atoms with Crippen molar-refractivity contribution in [2.24, 2.45) is 7.05 Å². The zero-order chi connectivity index (χ0) is 16.0. The molecule has 0 spiro atoms. The molecule has 3 heterocycles. The van der Waals surface area contributed by atoms with Gasteiger partial charge in [-0.3, -0.25) is 4.79 Å². The standard InChI is InChI=1S/C19H25N3O/c1-20-11-5-9-17(20)18-10-6-12-22(18)19(23)15-13-21(2)16-8-4-3-7-14(15)16/h3-4,7-8,13,17-18H,5-6,9-12H2,1-2H3/t17-,18+/m0/s1. The number of likely N-dealkylation sites (tertiary alicyclic amines) is 2. The fourth-order valence-electron chi connectivity index (χ4n) is 4.53. The van der Waals surface area contributed by atoms with Gasteiger partial charge >= 0.3 is 0 Å². The number of nitrogens with zero attached hydrogens (tertiary/aromatic N) is 3. The molecular formula is C19H25N3O. The summed E-state index contributed by atoms with van der Waals surface area (Å²) in [6.45, 7) is 2.06. The SMILES string of the molecule is CN1CCC[C@H]1[C@H]1CCCN1C(=O)c1cn(C)c2ccccc12. The van der Waals surface area contributed by atoms with Crippen LogP contribution < -0.4 is 0 Å². The third-order valence-electron chi connectivity index (χ3n) is 5.71. The highest BCUT2D eigenvalue weighted by Crippen LogP contribution is 2.31. The van der Waals surface area contributed by atoms with Gasteiger partial charge in [0.25, 0.3) is 5.91 Å². The predicted molar refractivity (Wildman–Crippen MR) is 92.6 cm³/mol. The molecule has 2 aliphatic rings. The maximum Gasteiger partial charge on any atom is 0.256 e. The Morgan fingerprint density at radius 3 is 2.57 bits per heavy atom. The van der Waals surface area contributed by atoms with E-state index in [1.54, 1.807) is 0 Å². The number of carbonyl (C=O) groups excluding carboxylic acids is 1. The molecule has 1 aromatic carbocycles. The van der Waals surface area contributed by atoms with Gasteiger partial charge in [0.05, 0.1) is 5.56 Å². The van der Waals surface area contributed by atoms with Gasteiger partial charge in [-0.2, -0.15) is 0 Å². The lowest BCUT2D eigenvalue weighted by molar-refractivity contribution is 0.0666. The van der Waals surface area contributed by atoms with E-state index in [-0.39, 0.29) is 5.91 Å². The Bertz CT molecular complexity index is 735. The molecule has 2 aliphatic heterocycles. The maximum atomic E-state index is 13.2. The van der Waals surface area contributed by atoms with Gasteiger partial charge in [0.15, 0.2) is 0 Å². The number of benzene rings is 1. The fourth-order valence-corrected chi connectivity index (χ4v) is 4.53. The van der Waals surface area contributed by atoms with Gasteiger partial charge < -0.3 is 14.4 Å². The molecule has 23 heavy (non-hydrogen) atoms. The summed E-state index contributed by atoms with van der Waals surface area (Å²) in [7, 11) is 4.22. The highest BCUT2D eigenvalue weighted by Gasteiger charge is 2.39. The highest BCUT2D eigenvalue weighted by molar-refractivity contribution is 6.07. The second kappa shape index (κ2) is 5.68. The van der Waals surface area contributed by atoms with Crippen LogP contribution in [0.15, 0.2) is 30.5 Å². The molecule has 0 saturated carbocycles. The molecule has 0 N–H and O–H groups in total. The van der Waals surface area contributed by atoms with Gasteiger partial charge in [0, 0.05) is 42.8 Å². The molecular weight excluding hydrogens is 286 g/mol. The number of likely N-dealkylation sites (N-methyl/N-ethyl adjacent to an activating group) is 1. The summed E-state index contributed by atoms with van der Waals surface area (Å²) in [5.41, 5.74) is 1.99. The average molecular weight is 311 g/mol. The Morgan fingerprint density at radius 2 is 1.78 bits per heavy atom. The zero-order valence-electron chi connectivity index (χ0n) is 14.0. The number of fused-ring (bicyclic) bond motifs is 1. The van der Waals surface area contributed by atoms with Crippen molar-refractivity contribution >= 4 is 16.8 Å². The summed E-state index contributed by atoms with van der Waals surface area (Å²) in [6, 6.07) is 9.12. The zero-order valence-corrected chi connectivity index (χ0v) is 14.0. The smallest absolute Gasteiger partial charge is 0.256 e. The van der Waals surface area contributed by atoms with Crippen molar-refractivity contribution in [1.82, 2.24) is 14.4 Å². The van der Waals surface area contributed by atoms with Crippen LogP contribution in [-0.2, 0) is 7.05 Å². The number of aromatic nitrogens is 1. The maximum absolute atomic E-state index is 13.2. The summed E-state index contributed by atoms with van der Waals surface area (Å²) in [4.78, 5) is 17.8. The van der Waals surface area contributed by atoms with Crippen molar-refractivity contribution in [3.05, 3.63) is 36.0 Å². The average Bonchev–Trinajstić information content (AvgIpc) is 3.26. The summed E-state index contributed by atoms with van der Waals surface area (Å²) in [6.07, 6.45) is 6.76. The molecule has 4 rings (SSSR count). The second-order valence-electron chi connectivity index (χ2n) is 7.07. The summed E-state index contributed by atoms with van der Waals surface area (Å²) >= 11 is 0. The van der Waals surface area contributed by atoms with Crippen LogP contribution in [0.1, 0.15) is 36.0 Å². The summed E-state index contributed by atoms with van der Waals surface area (Å²) in [5.74, 6) is 0.213. The van der Waals surface area contributed by atoms with E-state index >= 15 is 0 Å². The normalized spacial score (nSPS) is 25.6. The minimum Gasteiger partial charge on any atom is -0.350 e. The van der Waals surface area contributed by atoms with Crippen LogP contribution in [0.2, 0.25) is 0 Å². The van der Waals surface area contributed by atoms with Crippen LogP contribution in [0.25, 0.3) is 10.9 Å². The molecule has 2 atom stereocenters. The van der Waals surface area contributed by atoms with Crippen molar-refractivity contribution in [1.29, 1.82) is 0 Å². The largest absolute Gasteiger partial charge is 0.350 e. The van der Waals surface area contributed by atoms with E-state index in [0.29, 0.717) is 12.1 Å². The molecule has 4 nitrogen and oxygen atoms in total. The minimum absolute atomic E-state index is 0.213. The van der Waals surface area contributed by atoms with E-state index < -0.39 is 0 Å². The highest BCUT2D eigenvalue weighted by atomic mass is 16.2. The molecule has 2 saturated heterocycles. The monoisotopic (exact) mass is 311 g/mol. The molecule has 0 aliphatic carbocycles. The Hall–Kier alpha value is -1.81. The Kier molecular flexibility index (Phi) is 3.64. The number of para-hydroxylation sites is 1. The molecule has 2 aromatic rings. The van der Waals surface area contributed by atoms with Crippen LogP contribution in [-0.4, -0.2) is 52.5 Å². The summed E-state index contributed by atoms with van der Waals surface area (Å²) in [5, 5.41) is 1.07. The van der Waals surface area contributed by atoms with Crippen LogP contribution in [0.3, 0.4) is 0 Å². The van der Waals surface area contributed by atoms with E-state index in [9.17, 15) is 4.79 Å². The number of rotatable bonds is 2. The first-order valence-corrected chi connectivity index (χ1v) is 8.72. The molecule has 2 fully saturated rings. The van der Waals surface area contributed by atoms with Crippen molar-refractivity contribution < 1.29 is 4.79 Å². The molecule has 4 heteroatoms. The number of hydrogen-bond acceptors (Lipinski definition) is 2. The van der Waals surface area contributed by atoms with E-state index in [4.69, 9.17) is 0 Å². The van der Waals surface area contributed by atoms with E-state index in [2.05, 4.69) is 33.5 Å². The van der Waals surface area contributed by atoms with Crippen LogP contribution in [0.5, 0.6) is 0 Å². The van der Waals surface area contributed by atoms with E-state index in [1.807, 2.05) is 25.4 Å². The lowest BCUT2D eigenvalue weighted by atomic mass is 10.0.